The molecule has 1 aromatic rings. The van der Waals surface area contributed by atoms with Gasteiger partial charge in [-0.15, -0.1) is 0 Å². The summed E-state index contributed by atoms with van der Waals surface area (Å²) in [6.07, 6.45) is 1.06. The third-order valence-electron chi connectivity index (χ3n) is 3.90. The Bertz CT molecular complexity index is 573. The number of nitrogens with zero attached hydrogens (tertiary/aromatic N) is 4. The van der Waals surface area contributed by atoms with Crippen molar-refractivity contribution in [2.45, 2.75) is 20.3 Å². The molecule has 0 aromatic carbocycles. The lowest BCUT2D eigenvalue weighted by atomic mass is 9.95. The van der Waals surface area contributed by atoms with Crippen LogP contribution in [-0.2, 0) is 0 Å². The van der Waals surface area contributed by atoms with Gasteiger partial charge in [-0.05, 0) is 24.3 Å². The molecule has 0 bridgehead atoms. The van der Waals surface area contributed by atoms with E-state index >= 15 is 0 Å². The molecule has 21 heavy (non-hydrogen) atoms. The van der Waals surface area contributed by atoms with Gasteiger partial charge in [-0.2, -0.15) is 0 Å². The maximum Gasteiger partial charge on any atom is 0.298 e. The van der Waals surface area contributed by atoms with Crippen LogP contribution in [0.3, 0.4) is 0 Å². The zero-order valence-corrected chi connectivity index (χ0v) is 12.1. The minimum absolute atomic E-state index is 0.104. The molecule has 0 spiro atoms. The Balaban J connectivity index is 2.33. The van der Waals surface area contributed by atoms with Crippen molar-refractivity contribution in [2.75, 3.05) is 18.0 Å². The van der Waals surface area contributed by atoms with E-state index < -0.39 is 4.92 Å². The molecule has 1 unspecified atom stereocenters. The fraction of sp³-hybridized carbons (Fsp3) is 0.538. The number of anilines is 1. The number of nitrogens with two attached hydrogens (primary N) is 1. The van der Waals surface area contributed by atoms with E-state index in [1.165, 1.54) is 6.07 Å². The van der Waals surface area contributed by atoms with E-state index in [9.17, 15) is 10.1 Å². The van der Waals surface area contributed by atoms with Gasteiger partial charge in [-0.3, -0.25) is 10.1 Å². The van der Waals surface area contributed by atoms with Gasteiger partial charge in [0.15, 0.2) is 11.5 Å². The first-order valence-corrected chi connectivity index (χ1v) is 6.82. The van der Waals surface area contributed by atoms with Gasteiger partial charge in [-0.25, -0.2) is 4.98 Å². The van der Waals surface area contributed by atoms with Crippen LogP contribution in [0.25, 0.3) is 0 Å². The molecular formula is C13H19N5O3. The molecule has 1 aromatic heterocycles. The number of hydrogen-bond donors (Lipinski definition) is 2. The molecule has 1 aliphatic heterocycles. The first-order valence-electron chi connectivity index (χ1n) is 6.82. The van der Waals surface area contributed by atoms with Crippen molar-refractivity contribution in [1.82, 2.24) is 4.98 Å². The second kappa shape index (κ2) is 5.94. The van der Waals surface area contributed by atoms with Crippen LogP contribution in [0, 0.1) is 22.0 Å². The van der Waals surface area contributed by atoms with Crippen LogP contribution >= 0.6 is 0 Å². The summed E-state index contributed by atoms with van der Waals surface area (Å²) in [5.41, 5.74) is 5.12. The lowest BCUT2D eigenvalue weighted by molar-refractivity contribution is -0.385. The first-order chi connectivity index (χ1) is 9.93. The summed E-state index contributed by atoms with van der Waals surface area (Å²) >= 11 is 0. The molecule has 1 aliphatic rings. The molecule has 8 heteroatoms. The monoisotopic (exact) mass is 293 g/mol. The van der Waals surface area contributed by atoms with E-state index in [2.05, 4.69) is 28.9 Å². The fourth-order valence-corrected chi connectivity index (χ4v) is 2.54. The first kappa shape index (κ1) is 15.0. The van der Waals surface area contributed by atoms with E-state index in [-0.39, 0.29) is 17.2 Å². The highest BCUT2D eigenvalue weighted by Gasteiger charge is 2.27. The quantitative estimate of drug-likeness (QED) is 0.286. The average molecular weight is 293 g/mol. The number of hydrogen-bond acceptors (Lipinski definition) is 6. The van der Waals surface area contributed by atoms with Gasteiger partial charge >= 0.3 is 0 Å². The second-order valence-electron chi connectivity index (χ2n) is 5.52. The molecule has 8 nitrogen and oxygen atoms in total. The van der Waals surface area contributed by atoms with Gasteiger partial charge in [0.05, 0.1) is 4.92 Å². The molecule has 114 valence electrons. The van der Waals surface area contributed by atoms with Crippen LogP contribution in [-0.4, -0.2) is 34.0 Å². The molecule has 2 rings (SSSR count). The second-order valence-corrected chi connectivity index (χ2v) is 5.52. The van der Waals surface area contributed by atoms with Crippen LogP contribution in [0.5, 0.6) is 0 Å². The highest BCUT2D eigenvalue weighted by Crippen LogP contribution is 2.29. The molecule has 0 amide bonds. The molecule has 1 saturated heterocycles. The van der Waals surface area contributed by atoms with E-state index in [1.807, 2.05) is 0 Å². The highest BCUT2D eigenvalue weighted by molar-refractivity contribution is 5.99. The van der Waals surface area contributed by atoms with Crippen LogP contribution in [0.15, 0.2) is 17.3 Å². The number of nitro groups is 1. The smallest absolute Gasteiger partial charge is 0.298 e. The summed E-state index contributed by atoms with van der Waals surface area (Å²) in [5.74, 6) is 1.42. The summed E-state index contributed by atoms with van der Waals surface area (Å²) in [7, 11) is 0. The van der Waals surface area contributed by atoms with Gasteiger partial charge in [-0.1, -0.05) is 19.0 Å². The number of rotatable bonds is 4. The van der Waals surface area contributed by atoms with Crippen LogP contribution in [0.2, 0.25) is 0 Å². The lowest BCUT2D eigenvalue weighted by Crippen LogP contribution is -2.24. The maximum absolute atomic E-state index is 11.0. The van der Waals surface area contributed by atoms with E-state index in [1.54, 1.807) is 6.07 Å². The minimum atomic E-state index is -0.592. The van der Waals surface area contributed by atoms with E-state index in [4.69, 9.17) is 10.9 Å². The molecule has 0 saturated carbocycles. The molecule has 0 aliphatic carbocycles. The summed E-state index contributed by atoms with van der Waals surface area (Å²) in [6, 6.07) is 2.95. The number of aromatic nitrogens is 1. The third-order valence-corrected chi connectivity index (χ3v) is 3.90. The standard InChI is InChI=1S/C13H19N5O3/c1-8(2)9-5-6-17(7-9)11-4-3-10(18(20)21)12(15-11)13(14)16-19/h3-4,8-9,19H,5-7H2,1-2H3,(H2,14,16). The Labute approximate surface area is 122 Å². The van der Waals surface area contributed by atoms with Crippen LogP contribution < -0.4 is 10.6 Å². The van der Waals surface area contributed by atoms with Crippen molar-refractivity contribution >= 4 is 17.3 Å². The molecule has 1 fully saturated rings. The Kier molecular flexibility index (Phi) is 4.25. The van der Waals surface area contributed by atoms with Crippen molar-refractivity contribution in [3.63, 3.8) is 0 Å². The van der Waals surface area contributed by atoms with E-state index in [0.717, 1.165) is 19.5 Å². The Hall–Kier alpha value is -2.38. The van der Waals surface area contributed by atoms with Gasteiger partial charge in [0, 0.05) is 19.2 Å². The van der Waals surface area contributed by atoms with Crippen LogP contribution in [0.1, 0.15) is 26.0 Å². The van der Waals surface area contributed by atoms with Crippen molar-refractivity contribution in [1.29, 1.82) is 0 Å². The maximum atomic E-state index is 11.0. The average Bonchev–Trinajstić information content (AvgIpc) is 2.95. The summed E-state index contributed by atoms with van der Waals surface area (Å²) in [5, 5.41) is 22.5. The highest BCUT2D eigenvalue weighted by atomic mass is 16.6. The van der Waals surface area contributed by atoms with Crippen molar-refractivity contribution in [2.24, 2.45) is 22.7 Å². The summed E-state index contributed by atoms with van der Waals surface area (Å²) in [4.78, 5) is 16.7. The molecule has 2 heterocycles. The fourth-order valence-electron chi connectivity index (χ4n) is 2.54. The Morgan fingerprint density at radius 2 is 2.33 bits per heavy atom. The van der Waals surface area contributed by atoms with Gasteiger partial charge in [0.25, 0.3) is 5.69 Å². The molecule has 3 N–H and O–H groups in total. The topological polar surface area (TPSA) is 118 Å². The van der Waals surface area contributed by atoms with Gasteiger partial charge < -0.3 is 15.8 Å². The molecule has 0 radical (unpaired) electrons. The number of pyridine rings is 1. The third kappa shape index (κ3) is 3.04. The van der Waals surface area contributed by atoms with Crippen molar-refractivity contribution < 1.29 is 10.1 Å². The predicted octanol–water partition coefficient (Wildman–Crippen LogP) is 1.57. The summed E-state index contributed by atoms with van der Waals surface area (Å²) < 4.78 is 0. The molecule has 1 atom stereocenters. The van der Waals surface area contributed by atoms with Crippen LogP contribution in [0.4, 0.5) is 11.5 Å². The predicted molar refractivity (Wildman–Crippen MR) is 78.6 cm³/mol. The zero-order valence-electron chi connectivity index (χ0n) is 12.1. The SMILES string of the molecule is CC(C)C1CCN(c2ccc([N+](=O)[O-])c(/C(N)=N/O)n2)C1. The molecular weight excluding hydrogens is 274 g/mol. The Morgan fingerprint density at radius 3 is 2.86 bits per heavy atom. The lowest BCUT2D eigenvalue weighted by Gasteiger charge is -2.19. The van der Waals surface area contributed by atoms with Crippen molar-refractivity contribution in [3.05, 3.63) is 27.9 Å². The van der Waals surface area contributed by atoms with Gasteiger partial charge in [0.1, 0.15) is 5.82 Å². The largest absolute Gasteiger partial charge is 0.409 e. The number of oxime groups is 1. The minimum Gasteiger partial charge on any atom is -0.409 e. The summed E-state index contributed by atoms with van der Waals surface area (Å²) in [6.45, 7) is 6.07. The number of amidine groups is 1. The van der Waals surface area contributed by atoms with E-state index in [0.29, 0.717) is 17.7 Å². The zero-order chi connectivity index (χ0) is 15.6. The van der Waals surface area contributed by atoms with Crippen molar-refractivity contribution in [3.8, 4) is 0 Å². The Morgan fingerprint density at radius 1 is 1.62 bits per heavy atom. The van der Waals surface area contributed by atoms with Gasteiger partial charge in [0.2, 0.25) is 0 Å². The normalized spacial score (nSPS) is 19.3.